The van der Waals surface area contributed by atoms with E-state index < -0.39 is 0 Å². The van der Waals surface area contributed by atoms with Gasteiger partial charge in [-0.2, -0.15) is 5.10 Å². The fourth-order valence-corrected chi connectivity index (χ4v) is 2.63. The van der Waals surface area contributed by atoms with Crippen LogP contribution in [-0.4, -0.2) is 20.3 Å². The van der Waals surface area contributed by atoms with Crippen molar-refractivity contribution in [3.63, 3.8) is 0 Å². The van der Waals surface area contributed by atoms with Gasteiger partial charge in [0.15, 0.2) is 11.4 Å². The summed E-state index contributed by atoms with van der Waals surface area (Å²) in [7, 11) is 0. The Bertz CT molecular complexity index is 993. The second-order valence-corrected chi connectivity index (χ2v) is 6.59. The van der Waals surface area contributed by atoms with Crippen LogP contribution in [0.4, 0.5) is 11.5 Å². The van der Waals surface area contributed by atoms with Crippen molar-refractivity contribution in [1.82, 2.24) is 20.3 Å². The van der Waals surface area contributed by atoms with Crippen LogP contribution in [0.5, 0.6) is 0 Å². The maximum absolute atomic E-state index is 5.49. The molecule has 0 aliphatic heterocycles. The van der Waals surface area contributed by atoms with Crippen LogP contribution in [0.25, 0.3) is 22.0 Å². The molecule has 6 nitrogen and oxygen atoms in total. The lowest BCUT2D eigenvalue weighted by atomic mass is 9.90. The molecule has 1 aromatic carbocycles. The maximum Gasteiger partial charge on any atom is 0.178 e. The third-order valence-corrected chi connectivity index (χ3v) is 3.77. The van der Waals surface area contributed by atoms with Gasteiger partial charge in [-0.1, -0.05) is 25.9 Å². The maximum atomic E-state index is 5.49. The molecule has 0 amide bonds. The second-order valence-electron chi connectivity index (χ2n) is 6.59. The first-order chi connectivity index (χ1) is 11.0. The van der Waals surface area contributed by atoms with Crippen molar-refractivity contribution in [2.45, 2.75) is 26.2 Å². The quantitative estimate of drug-likeness (QED) is 0.582. The van der Waals surface area contributed by atoms with E-state index in [1.807, 2.05) is 30.3 Å². The van der Waals surface area contributed by atoms with Crippen LogP contribution < -0.4 is 5.32 Å². The summed E-state index contributed by atoms with van der Waals surface area (Å²) in [4.78, 5) is 4.34. The van der Waals surface area contributed by atoms with Crippen molar-refractivity contribution in [2.24, 2.45) is 0 Å². The number of hydrogen-bond donors (Lipinski definition) is 2. The van der Waals surface area contributed by atoms with Gasteiger partial charge in [0.05, 0.1) is 11.2 Å². The minimum Gasteiger partial charge on any atom is -0.356 e. The van der Waals surface area contributed by atoms with Gasteiger partial charge >= 0.3 is 0 Å². The zero-order valence-corrected chi connectivity index (χ0v) is 13.2. The van der Waals surface area contributed by atoms with Crippen LogP contribution in [0.3, 0.4) is 0 Å². The van der Waals surface area contributed by atoms with E-state index in [4.69, 9.17) is 4.52 Å². The van der Waals surface area contributed by atoms with Crippen molar-refractivity contribution < 1.29 is 4.52 Å². The van der Waals surface area contributed by atoms with Gasteiger partial charge in [-0.15, -0.1) is 0 Å². The number of H-pyrrole nitrogens is 1. The van der Waals surface area contributed by atoms with Gasteiger partial charge in [-0.25, -0.2) is 0 Å². The molecule has 0 bridgehead atoms. The Hall–Kier alpha value is -2.89. The Morgan fingerprint density at radius 1 is 1.17 bits per heavy atom. The number of rotatable bonds is 2. The number of anilines is 2. The molecule has 4 rings (SSSR count). The molecule has 0 saturated carbocycles. The summed E-state index contributed by atoms with van der Waals surface area (Å²) in [6, 6.07) is 9.77. The first-order valence-corrected chi connectivity index (χ1v) is 7.48. The Morgan fingerprint density at radius 3 is 2.87 bits per heavy atom. The van der Waals surface area contributed by atoms with E-state index in [-0.39, 0.29) is 5.41 Å². The summed E-state index contributed by atoms with van der Waals surface area (Å²) in [6.45, 7) is 6.37. The van der Waals surface area contributed by atoms with Gasteiger partial charge in [-0.05, 0) is 24.3 Å². The summed E-state index contributed by atoms with van der Waals surface area (Å²) in [5.41, 5.74) is 4.25. The Morgan fingerprint density at radius 2 is 2.04 bits per heavy atom. The topological polar surface area (TPSA) is 79.6 Å². The third kappa shape index (κ3) is 2.32. The minimum atomic E-state index is -0.0531. The summed E-state index contributed by atoms with van der Waals surface area (Å²) < 4.78 is 5.49. The fraction of sp³-hybridized carbons (Fsp3) is 0.235. The van der Waals surface area contributed by atoms with Crippen LogP contribution in [0.1, 0.15) is 26.5 Å². The van der Waals surface area contributed by atoms with Gasteiger partial charge in [0.25, 0.3) is 0 Å². The lowest BCUT2D eigenvalue weighted by Gasteiger charge is -2.14. The van der Waals surface area contributed by atoms with Gasteiger partial charge in [0.2, 0.25) is 0 Å². The molecule has 0 spiro atoms. The molecule has 3 heterocycles. The zero-order valence-electron chi connectivity index (χ0n) is 13.2. The van der Waals surface area contributed by atoms with E-state index in [1.165, 1.54) is 0 Å². The first-order valence-electron chi connectivity index (χ1n) is 7.48. The number of benzene rings is 1. The molecule has 0 aliphatic carbocycles. The number of nitrogens with zero attached hydrogens (tertiary/aromatic N) is 3. The molecule has 4 aromatic rings. The predicted molar refractivity (Wildman–Crippen MR) is 89.9 cm³/mol. The van der Waals surface area contributed by atoms with Gasteiger partial charge < -0.3 is 9.84 Å². The molecule has 2 N–H and O–H groups in total. The highest BCUT2D eigenvalue weighted by atomic mass is 16.5. The molecule has 116 valence electrons. The van der Waals surface area contributed by atoms with Crippen LogP contribution in [0.2, 0.25) is 0 Å². The predicted octanol–water partition coefficient (Wildman–Crippen LogP) is 4.14. The molecule has 23 heavy (non-hydrogen) atoms. The molecule has 0 saturated heterocycles. The van der Waals surface area contributed by atoms with E-state index in [1.54, 1.807) is 6.20 Å². The standard InChI is InChI=1S/C17H17N5O/c1-17(2,3)15-11-7-6-10(9-13(11)23-22-15)19-16-14-12(20-21-16)5-4-8-18-14/h4-9H,1-3H3,(H2,19,20,21). The molecule has 0 fully saturated rings. The van der Waals surface area contributed by atoms with Crippen LogP contribution >= 0.6 is 0 Å². The number of nitrogens with one attached hydrogen (secondary N) is 2. The van der Waals surface area contributed by atoms with E-state index in [2.05, 4.69) is 46.4 Å². The Balaban J connectivity index is 1.73. The van der Waals surface area contributed by atoms with E-state index in [0.717, 1.165) is 33.4 Å². The summed E-state index contributed by atoms with van der Waals surface area (Å²) in [5.74, 6) is 0.690. The van der Waals surface area contributed by atoms with Crippen molar-refractivity contribution in [1.29, 1.82) is 0 Å². The molecule has 0 unspecified atom stereocenters. The summed E-state index contributed by atoms with van der Waals surface area (Å²) in [5, 5.41) is 15.8. The number of aromatic amines is 1. The normalized spacial score (nSPS) is 12.1. The minimum absolute atomic E-state index is 0.0531. The smallest absolute Gasteiger partial charge is 0.178 e. The van der Waals surface area contributed by atoms with E-state index in [0.29, 0.717) is 5.82 Å². The van der Waals surface area contributed by atoms with Gasteiger partial charge in [0.1, 0.15) is 5.52 Å². The van der Waals surface area contributed by atoms with Gasteiger partial charge in [0, 0.05) is 28.8 Å². The zero-order chi connectivity index (χ0) is 16.0. The molecule has 6 heteroatoms. The van der Waals surface area contributed by atoms with Gasteiger partial charge in [-0.3, -0.25) is 10.1 Å². The monoisotopic (exact) mass is 307 g/mol. The Kier molecular flexibility index (Phi) is 2.87. The third-order valence-electron chi connectivity index (χ3n) is 3.77. The second kappa shape index (κ2) is 4.81. The van der Waals surface area contributed by atoms with Crippen LogP contribution in [-0.2, 0) is 5.41 Å². The molecule has 0 aliphatic rings. The lowest BCUT2D eigenvalue weighted by Crippen LogP contribution is -2.11. The number of hydrogen-bond acceptors (Lipinski definition) is 5. The molecule has 3 aromatic heterocycles. The van der Waals surface area contributed by atoms with Crippen molar-refractivity contribution in [3.8, 4) is 0 Å². The highest BCUT2D eigenvalue weighted by Gasteiger charge is 2.22. The average Bonchev–Trinajstić information content (AvgIpc) is 3.11. The fourth-order valence-electron chi connectivity index (χ4n) is 2.63. The van der Waals surface area contributed by atoms with Crippen molar-refractivity contribution >= 4 is 33.5 Å². The molecular formula is C17H17N5O. The van der Waals surface area contributed by atoms with Crippen LogP contribution in [0, 0.1) is 0 Å². The SMILES string of the molecule is CC(C)(C)c1noc2cc(Nc3n[nH]c4cccnc34)ccc12. The molecule has 0 radical (unpaired) electrons. The van der Waals surface area contributed by atoms with E-state index in [9.17, 15) is 0 Å². The molecule has 0 atom stereocenters. The largest absolute Gasteiger partial charge is 0.356 e. The summed E-state index contributed by atoms with van der Waals surface area (Å²) in [6.07, 6.45) is 1.75. The molecular weight excluding hydrogens is 290 g/mol. The number of pyridine rings is 1. The average molecular weight is 307 g/mol. The van der Waals surface area contributed by atoms with Crippen molar-refractivity contribution in [3.05, 3.63) is 42.2 Å². The highest BCUT2D eigenvalue weighted by Crippen LogP contribution is 2.31. The van der Waals surface area contributed by atoms with E-state index >= 15 is 0 Å². The number of fused-ring (bicyclic) bond motifs is 2. The van der Waals surface area contributed by atoms with Crippen molar-refractivity contribution in [2.75, 3.05) is 5.32 Å². The number of aromatic nitrogens is 4. The van der Waals surface area contributed by atoms with Crippen LogP contribution in [0.15, 0.2) is 41.1 Å². The lowest BCUT2D eigenvalue weighted by molar-refractivity contribution is 0.420. The Labute approximate surface area is 132 Å². The first kappa shape index (κ1) is 13.8. The highest BCUT2D eigenvalue weighted by molar-refractivity contribution is 5.89. The summed E-state index contributed by atoms with van der Waals surface area (Å²) >= 11 is 0.